The third-order valence-corrected chi connectivity index (χ3v) is 6.86. The second kappa shape index (κ2) is 7.64. The number of likely N-dealkylation sites (tertiary alicyclic amines) is 1. The average Bonchev–Trinajstić information content (AvgIpc) is 2.78. The van der Waals surface area contributed by atoms with Crippen molar-refractivity contribution in [1.29, 1.82) is 0 Å². The van der Waals surface area contributed by atoms with E-state index in [2.05, 4.69) is 39.5 Å². The van der Waals surface area contributed by atoms with Crippen LogP contribution in [0.3, 0.4) is 0 Å². The Morgan fingerprint density at radius 2 is 1.97 bits per heavy atom. The molecule has 6 heteroatoms. The number of hydrogen-bond acceptors (Lipinski definition) is 4. The van der Waals surface area contributed by atoms with E-state index >= 15 is 0 Å². The zero-order valence-corrected chi connectivity index (χ0v) is 17.7. The first-order chi connectivity index (χ1) is 14.6. The van der Waals surface area contributed by atoms with Crippen molar-refractivity contribution in [2.75, 3.05) is 25.5 Å². The standard InChI is InChI=1S/C24H24ClFN4/c1-27-23-28-14-17-13-24(19-5-3-2-4-18(19)22(17)29-23)8-10-30(11-9-24)15-16-6-7-21(26)20(25)12-16/h2-7,12,14H,8-11,13,15H2,1H3,(H,27,28,29). The van der Waals surface area contributed by atoms with Gasteiger partial charge in [-0.15, -0.1) is 0 Å². The summed E-state index contributed by atoms with van der Waals surface area (Å²) in [5.74, 6) is 0.298. The number of benzene rings is 2. The molecule has 1 N–H and O–H groups in total. The Hall–Kier alpha value is -2.50. The largest absolute Gasteiger partial charge is 0.357 e. The van der Waals surface area contributed by atoms with Crippen LogP contribution in [0.1, 0.15) is 29.5 Å². The van der Waals surface area contributed by atoms with Gasteiger partial charge in [-0.1, -0.05) is 41.9 Å². The van der Waals surface area contributed by atoms with Gasteiger partial charge in [0, 0.05) is 30.8 Å². The number of hydrogen-bond donors (Lipinski definition) is 1. The zero-order valence-electron chi connectivity index (χ0n) is 17.0. The smallest absolute Gasteiger partial charge is 0.222 e. The van der Waals surface area contributed by atoms with Crippen molar-refractivity contribution in [3.8, 4) is 11.3 Å². The number of nitrogens with one attached hydrogen (secondary N) is 1. The summed E-state index contributed by atoms with van der Waals surface area (Å²) < 4.78 is 13.5. The van der Waals surface area contributed by atoms with E-state index in [1.807, 2.05) is 19.3 Å². The van der Waals surface area contributed by atoms with E-state index in [4.69, 9.17) is 16.6 Å². The molecule has 1 fully saturated rings. The van der Waals surface area contributed by atoms with Crippen LogP contribution < -0.4 is 5.32 Å². The Bertz CT molecular complexity index is 1090. The fourth-order valence-electron chi connectivity index (χ4n) is 4.98. The lowest BCUT2D eigenvalue weighted by Gasteiger charge is -2.45. The molecule has 4 nitrogen and oxygen atoms in total. The van der Waals surface area contributed by atoms with E-state index in [9.17, 15) is 4.39 Å². The lowest BCUT2D eigenvalue weighted by Crippen LogP contribution is -2.45. The highest BCUT2D eigenvalue weighted by molar-refractivity contribution is 6.30. The van der Waals surface area contributed by atoms with E-state index in [1.54, 1.807) is 6.07 Å². The van der Waals surface area contributed by atoms with Crippen LogP contribution in [-0.4, -0.2) is 35.0 Å². The van der Waals surface area contributed by atoms with Gasteiger partial charge in [-0.2, -0.15) is 0 Å². The average molecular weight is 423 g/mol. The topological polar surface area (TPSA) is 41.1 Å². The van der Waals surface area contributed by atoms with Gasteiger partial charge >= 0.3 is 0 Å². The van der Waals surface area contributed by atoms with E-state index < -0.39 is 0 Å². The van der Waals surface area contributed by atoms with Crippen LogP contribution in [0.25, 0.3) is 11.3 Å². The highest BCUT2D eigenvalue weighted by atomic mass is 35.5. The Kier molecular flexibility index (Phi) is 4.95. The molecule has 5 rings (SSSR count). The van der Waals surface area contributed by atoms with Gasteiger partial charge < -0.3 is 5.32 Å². The highest BCUT2D eigenvalue weighted by Crippen LogP contribution is 2.48. The molecule has 1 saturated heterocycles. The van der Waals surface area contributed by atoms with Gasteiger partial charge in [0.15, 0.2) is 0 Å². The van der Waals surface area contributed by atoms with Crippen LogP contribution in [0.2, 0.25) is 5.02 Å². The second-order valence-corrected chi connectivity index (χ2v) is 8.75. The summed E-state index contributed by atoms with van der Waals surface area (Å²) in [7, 11) is 1.85. The van der Waals surface area contributed by atoms with Crippen molar-refractivity contribution < 1.29 is 4.39 Å². The summed E-state index contributed by atoms with van der Waals surface area (Å²) in [6, 6.07) is 13.7. The SMILES string of the molecule is CNc1ncc2c(n1)-c1ccccc1C1(CCN(Cc3ccc(F)c(Cl)c3)CC1)C2. The number of rotatable bonds is 3. The molecule has 2 heterocycles. The zero-order chi connectivity index (χ0) is 20.7. The van der Waals surface area contributed by atoms with Crippen molar-refractivity contribution >= 4 is 17.5 Å². The predicted molar refractivity (Wildman–Crippen MR) is 118 cm³/mol. The summed E-state index contributed by atoms with van der Waals surface area (Å²) >= 11 is 5.96. The molecule has 1 aliphatic carbocycles. The molecule has 30 heavy (non-hydrogen) atoms. The molecule has 0 atom stereocenters. The summed E-state index contributed by atoms with van der Waals surface area (Å²) in [6.07, 6.45) is 5.11. The van der Waals surface area contributed by atoms with Crippen molar-refractivity contribution in [1.82, 2.24) is 14.9 Å². The lowest BCUT2D eigenvalue weighted by molar-refractivity contribution is 0.150. The maximum atomic E-state index is 13.5. The Morgan fingerprint density at radius 3 is 2.73 bits per heavy atom. The molecule has 2 aromatic carbocycles. The second-order valence-electron chi connectivity index (χ2n) is 8.34. The molecule has 0 saturated carbocycles. The molecule has 0 amide bonds. The Morgan fingerprint density at radius 1 is 1.17 bits per heavy atom. The van der Waals surface area contributed by atoms with Gasteiger partial charge in [0.25, 0.3) is 0 Å². The van der Waals surface area contributed by atoms with Crippen LogP contribution in [-0.2, 0) is 18.4 Å². The van der Waals surface area contributed by atoms with Crippen LogP contribution in [0.4, 0.5) is 10.3 Å². The van der Waals surface area contributed by atoms with E-state index in [-0.39, 0.29) is 16.3 Å². The molecule has 0 radical (unpaired) electrons. The third-order valence-electron chi connectivity index (χ3n) is 6.57. The number of fused-ring (bicyclic) bond motifs is 4. The van der Waals surface area contributed by atoms with E-state index in [0.717, 1.165) is 50.2 Å². The van der Waals surface area contributed by atoms with Gasteiger partial charge in [-0.3, -0.25) is 4.90 Å². The van der Waals surface area contributed by atoms with Crippen LogP contribution >= 0.6 is 11.6 Å². The van der Waals surface area contributed by atoms with Crippen molar-refractivity contribution in [2.24, 2.45) is 0 Å². The Balaban J connectivity index is 1.40. The molecule has 2 aliphatic rings. The molecule has 3 aromatic rings. The summed E-state index contributed by atoms with van der Waals surface area (Å²) in [4.78, 5) is 11.7. The summed E-state index contributed by atoms with van der Waals surface area (Å²) in [6.45, 7) is 2.78. The first-order valence-corrected chi connectivity index (χ1v) is 10.8. The molecule has 1 aromatic heterocycles. The monoisotopic (exact) mass is 422 g/mol. The molecule has 1 spiro atoms. The minimum atomic E-state index is -0.362. The third kappa shape index (κ3) is 3.36. The summed E-state index contributed by atoms with van der Waals surface area (Å²) in [5.41, 5.74) is 6.09. The number of nitrogens with zero attached hydrogens (tertiary/aromatic N) is 3. The van der Waals surface area contributed by atoms with Gasteiger partial charge in [0.1, 0.15) is 5.82 Å². The maximum Gasteiger partial charge on any atom is 0.222 e. The number of halogens is 2. The molecule has 1 aliphatic heterocycles. The molecule has 0 unspecified atom stereocenters. The van der Waals surface area contributed by atoms with Crippen LogP contribution in [0.5, 0.6) is 0 Å². The van der Waals surface area contributed by atoms with Gasteiger partial charge in [0.05, 0.1) is 10.7 Å². The van der Waals surface area contributed by atoms with Crippen molar-refractivity contribution in [3.05, 3.63) is 76.2 Å². The van der Waals surface area contributed by atoms with Crippen molar-refractivity contribution in [2.45, 2.75) is 31.2 Å². The first kappa shape index (κ1) is 19.5. The molecule has 154 valence electrons. The fourth-order valence-corrected chi connectivity index (χ4v) is 5.19. The number of aromatic nitrogens is 2. The van der Waals surface area contributed by atoms with Crippen LogP contribution in [0.15, 0.2) is 48.7 Å². The molecular weight excluding hydrogens is 399 g/mol. The normalized spacial score (nSPS) is 17.4. The van der Waals surface area contributed by atoms with E-state index in [0.29, 0.717) is 5.95 Å². The maximum absolute atomic E-state index is 13.5. The van der Waals surface area contributed by atoms with E-state index in [1.165, 1.54) is 22.8 Å². The number of piperidine rings is 1. The predicted octanol–water partition coefficient (Wildman–Crippen LogP) is 5.07. The van der Waals surface area contributed by atoms with Crippen molar-refractivity contribution in [3.63, 3.8) is 0 Å². The molecular formula is C24H24ClFN4. The summed E-state index contributed by atoms with van der Waals surface area (Å²) in [5, 5.41) is 3.25. The quantitative estimate of drug-likeness (QED) is 0.640. The minimum Gasteiger partial charge on any atom is -0.357 e. The minimum absolute atomic E-state index is 0.116. The molecule has 0 bridgehead atoms. The fraction of sp³-hybridized carbons (Fsp3) is 0.333. The van der Waals surface area contributed by atoms with Gasteiger partial charge in [-0.05, 0) is 61.2 Å². The van der Waals surface area contributed by atoms with Gasteiger partial charge in [0.2, 0.25) is 5.95 Å². The number of anilines is 1. The first-order valence-electron chi connectivity index (χ1n) is 10.4. The van der Waals surface area contributed by atoms with Gasteiger partial charge in [-0.25, -0.2) is 14.4 Å². The Labute approximate surface area is 181 Å². The lowest BCUT2D eigenvalue weighted by atomic mass is 9.64. The van der Waals surface area contributed by atoms with Crippen LogP contribution in [0, 0.1) is 5.82 Å². The highest BCUT2D eigenvalue weighted by Gasteiger charge is 2.41.